The van der Waals surface area contributed by atoms with Crippen molar-refractivity contribution in [1.82, 2.24) is 0 Å². The van der Waals surface area contributed by atoms with Crippen LogP contribution in [0.2, 0.25) is 15.1 Å². The van der Waals surface area contributed by atoms with Crippen molar-refractivity contribution in [2.45, 2.75) is 19.9 Å². The van der Waals surface area contributed by atoms with E-state index in [4.69, 9.17) is 45.3 Å². The highest BCUT2D eigenvalue weighted by molar-refractivity contribution is 6.35. The second kappa shape index (κ2) is 6.89. The van der Waals surface area contributed by atoms with Crippen LogP contribution in [0, 0.1) is 6.92 Å². The summed E-state index contributed by atoms with van der Waals surface area (Å²) in [4.78, 5) is 0. The Bertz CT molecular complexity index is 658. The van der Waals surface area contributed by atoms with Crippen molar-refractivity contribution in [2.75, 3.05) is 6.61 Å². The SMILES string of the molecule is CCOc1cc(Cl)c(C(N)c2cccc(Cl)c2C)cc1Cl. The van der Waals surface area contributed by atoms with E-state index >= 15 is 0 Å². The fraction of sp³-hybridized carbons (Fsp3) is 0.250. The first kappa shape index (κ1) is 16.4. The zero-order chi connectivity index (χ0) is 15.6. The molecular weight excluding hydrogens is 329 g/mol. The molecule has 21 heavy (non-hydrogen) atoms. The zero-order valence-electron chi connectivity index (χ0n) is 11.8. The first-order chi connectivity index (χ1) is 9.95. The number of halogens is 3. The summed E-state index contributed by atoms with van der Waals surface area (Å²) in [5, 5.41) is 1.69. The van der Waals surface area contributed by atoms with Gasteiger partial charge in [-0.15, -0.1) is 0 Å². The maximum Gasteiger partial charge on any atom is 0.139 e. The van der Waals surface area contributed by atoms with Crippen molar-refractivity contribution in [3.8, 4) is 5.75 Å². The maximum absolute atomic E-state index is 6.34. The van der Waals surface area contributed by atoms with E-state index in [2.05, 4.69) is 0 Å². The molecule has 0 aliphatic rings. The van der Waals surface area contributed by atoms with Crippen LogP contribution in [0.25, 0.3) is 0 Å². The summed E-state index contributed by atoms with van der Waals surface area (Å²) in [7, 11) is 0. The molecule has 0 aliphatic heterocycles. The van der Waals surface area contributed by atoms with Gasteiger partial charge < -0.3 is 10.5 Å². The van der Waals surface area contributed by atoms with Crippen molar-refractivity contribution in [3.63, 3.8) is 0 Å². The Morgan fingerprint density at radius 3 is 2.43 bits per heavy atom. The summed E-state index contributed by atoms with van der Waals surface area (Å²) in [5.74, 6) is 0.558. The van der Waals surface area contributed by atoms with Gasteiger partial charge in [-0.05, 0) is 42.7 Å². The Morgan fingerprint density at radius 1 is 1.05 bits per heavy atom. The lowest BCUT2D eigenvalue weighted by Gasteiger charge is -2.19. The largest absolute Gasteiger partial charge is 0.492 e. The summed E-state index contributed by atoms with van der Waals surface area (Å²) in [6.07, 6.45) is 0. The monoisotopic (exact) mass is 343 g/mol. The standard InChI is InChI=1S/C16H16Cl3NO/c1-3-21-15-8-13(18)11(7-14(15)19)16(20)10-5-4-6-12(17)9(10)2/h4-8,16H,3,20H2,1-2H3. The summed E-state index contributed by atoms with van der Waals surface area (Å²) in [6.45, 7) is 4.34. The molecule has 2 nitrogen and oxygen atoms in total. The molecule has 0 aromatic heterocycles. The highest BCUT2D eigenvalue weighted by Gasteiger charge is 2.18. The van der Waals surface area contributed by atoms with Gasteiger partial charge in [-0.2, -0.15) is 0 Å². The van der Waals surface area contributed by atoms with Crippen molar-refractivity contribution in [1.29, 1.82) is 0 Å². The molecule has 2 aromatic carbocycles. The van der Waals surface area contributed by atoms with Crippen molar-refractivity contribution in [3.05, 3.63) is 62.1 Å². The van der Waals surface area contributed by atoms with E-state index in [9.17, 15) is 0 Å². The minimum absolute atomic E-state index is 0.399. The Morgan fingerprint density at radius 2 is 1.76 bits per heavy atom. The number of benzene rings is 2. The molecule has 0 saturated carbocycles. The van der Waals surface area contributed by atoms with Crippen LogP contribution in [0.3, 0.4) is 0 Å². The van der Waals surface area contributed by atoms with E-state index in [-0.39, 0.29) is 0 Å². The smallest absolute Gasteiger partial charge is 0.139 e. The van der Waals surface area contributed by atoms with E-state index in [1.54, 1.807) is 12.1 Å². The Hall–Kier alpha value is -0.930. The minimum Gasteiger partial charge on any atom is -0.492 e. The Balaban J connectivity index is 2.46. The van der Waals surface area contributed by atoms with Crippen molar-refractivity contribution < 1.29 is 4.74 Å². The summed E-state index contributed by atoms with van der Waals surface area (Å²) < 4.78 is 5.42. The van der Waals surface area contributed by atoms with Gasteiger partial charge in [0.05, 0.1) is 17.7 Å². The first-order valence-electron chi connectivity index (χ1n) is 6.58. The lowest BCUT2D eigenvalue weighted by atomic mass is 9.95. The van der Waals surface area contributed by atoms with Crippen LogP contribution >= 0.6 is 34.8 Å². The number of ether oxygens (including phenoxy) is 1. The van der Waals surface area contributed by atoms with E-state index in [0.717, 1.165) is 16.7 Å². The van der Waals surface area contributed by atoms with Crippen molar-refractivity contribution in [2.24, 2.45) is 5.73 Å². The molecule has 0 heterocycles. The maximum atomic E-state index is 6.34. The predicted octanol–water partition coefficient (Wildman–Crippen LogP) is 5.40. The molecule has 112 valence electrons. The molecule has 2 rings (SSSR count). The third-order valence-corrected chi connectivity index (χ3v) is 4.36. The van der Waals surface area contributed by atoms with Gasteiger partial charge in [0.2, 0.25) is 0 Å². The van der Waals surface area contributed by atoms with Gasteiger partial charge in [-0.1, -0.05) is 46.9 Å². The third-order valence-electron chi connectivity index (χ3n) is 3.33. The fourth-order valence-corrected chi connectivity index (χ4v) is 2.86. The quantitative estimate of drug-likeness (QED) is 0.805. The van der Waals surface area contributed by atoms with Gasteiger partial charge in [0, 0.05) is 16.1 Å². The highest BCUT2D eigenvalue weighted by atomic mass is 35.5. The number of rotatable bonds is 4. The molecule has 0 spiro atoms. The minimum atomic E-state index is -0.399. The molecule has 0 amide bonds. The highest BCUT2D eigenvalue weighted by Crippen LogP contribution is 2.36. The molecule has 2 aromatic rings. The van der Waals surface area contributed by atoms with E-state index in [1.807, 2.05) is 32.0 Å². The number of nitrogens with two attached hydrogens (primary N) is 1. The Labute approximate surface area is 139 Å². The number of hydrogen-bond donors (Lipinski definition) is 1. The predicted molar refractivity (Wildman–Crippen MR) is 89.9 cm³/mol. The van der Waals surface area contributed by atoms with Gasteiger partial charge in [0.1, 0.15) is 5.75 Å². The lowest BCUT2D eigenvalue weighted by Crippen LogP contribution is -2.14. The normalized spacial score (nSPS) is 12.3. The van der Waals surface area contributed by atoms with E-state index in [0.29, 0.717) is 27.4 Å². The summed E-state index contributed by atoms with van der Waals surface area (Å²) in [5.41, 5.74) is 8.94. The second-order valence-electron chi connectivity index (χ2n) is 4.67. The molecular formula is C16H16Cl3NO. The zero-order valence-corrected chi connectivity index (χ0v) is 14.1. The summed E-state index contributed by atoms with van der Waals surface area (Å²) in [6, 6.07) is 8.69. The van der Waals surface area contributed by atoms with Crippen LogP contribution in [0.4, 0.5) is 0 Å². The van der Waals surface area contributed by atoms with E-state index in [1.165, 1.54) is 0 Å². The molecule has 0 fully saturated rings. The fourth-order valence-electron chi connectivity index (χ4n) is 2.18. The number of hydrogen-bond acceptors (Lipinski definition) is 2. The van der Waals surface area contributed by atoms with Gasteiger partial charge in [-0.3, -0.25) is 0 Å². The molecule has 1 atom stereocenters. The molecule has 1 unspecified atom stereocenters. The van der Waals surface area contributed by atoms with Crippen LogP contribution in [0.1, 0.15) is 29.7 Å². The van der Waals surface area contributed by atoms with Crippen molar-refractivity contribution >= 4 is 34.8 Å². The van der Waals surface area contributed by atoms with E-state index < -0.39 is 6.04 Å². The molecule has 0 saturated heterocycles. The first-order valence-corrected chi connectivity index (χ1v) is 7.71. The van der Waals surface area contributed by atoms with Crippen LogP contribution in [-0.4, -0.2) is 6.61 Å². The average Bonchev–Trinajstić information content (AvgIpc) is 2.45. The third kappa shape index (κ3) is 3.46. The topological polar surface area (TPSA) is 35.2 Å². The van der Waals surface area contributed by atoms with Gasteiger partial charge in [-0.25, -0.2) is 0 Å². The molecule has 0 aliphatic carbocycles. The molecule has 0 radical (unpaired) electrons. The molecule has 2 N–H and O–H groups in total. The average molecular weight is 345 g/mol. The van der Waals surface area contributed by atoms with Crippen LogP contribution < -0.4 is 10.5 Å². The Kier molecular flexibility index (Phi) is 5.39. The lowest BCUT2D eigenvalue weighted by molar-refractivity contribution is 0.340. The van der Waals surface area contributed by atoms with Gasteiger partial charge in [0.15, 0.2) is 0 Å². The van der Waals surface area contributed by atoms with Gasteiger partial charge >= 0.3 is 0 Å². The molecule has 0 bridgehead atoms. The second-order valence-corrected chi connectivity index (χ2v) is 5.89. The molecule has 5 heteroatoms. The van der Waals surface area contributed by atoms with Crippen LogP contribution in [0.15, 0.2) is 30.3 Å². The summed E-state index contributed by atoms with van der Waals surface area (Å²) >= 11 is 18.7. The van der Waals surface area contributed by atoms with Gasteiger partial charge in [0.25, 0.3) is 0 Å². The van der Waals surface area contributed by atoms with Crippen LogP contribution in [-0.2, 0) is 0 Å². The van der Waals surface area contributed by atoms with Crippen LogP contribution in [0.5, 0.6) is 5.75 Å².